The number of anilines is 1. The van der Waals surface area contributed by atoms with Crippen molar-refractivity contribution in [3.8, 4) is 0 Å². The first kappa shape index (κ1) is 22.3. The summed E-state index contributed by atoms with van der Waals surface area (Å²) in [6.45, 7) is 2.05. The van der Waals surface area contributed by atoms with Gasteiger partial charge in [0.2, 0.25) is 5.91 Å². The van der Waals surface area contributed by atoms with Crippen LogP contribution in [0.3, 0.4) is 0 Å². The number of nitrogens with one attached hydrogen (secondary N) is 1. The van der Waals surface area contributed by atoms with Crippen LogP contribution in [0.5, 0.6) is 0 Å². The van der Waals surface area contributed by atoms with Crippen LogP contribution in [0.15, 0.2) is 29.6 Å². The Morgan fingerprint density at radius 1 is 1.17 bits per heavy atom. The Hall–Kier alpha value is -2.42. The van der Waals surface area contributed by atoms with Crippen molar-refractivity contribution in [2.24, 2.45) is 5.92 Å². The van der Waals surface area contributed by atoms with Crippen molar-refractivity contribution in [1.82, 2.24) is 9.88 Å². The zero-order valence-electron chi connectivity index (χ0n) is 16.7. The molecule has 1 aromatic heterocycles. The fourth-order valence-corrected chi connectivity index (χ4v) is 4.33. The standard InChI is InChI=1S/C21H24F3N3O2S/c1-14-13-30-20(25-14)26-18(28)12-27(11-15-5-3-2-4-6-15)19(29)16-7-9-17(10-8-16)21(22,23)24/h7-10,13,15H,2-6,11-12H2,1H3,(H,25,26,28). The second-order valence-corrected chi connectivity index (χ2v) is 8.47. The van der Waals surface area contributed by atoms with Gasteiger partial charge in [-0.3, -0.25) is 9.59 Å². The summed E-state index contributed by atoms with van der Waals surface area (Å²) < 4.78 is 38.4. The SMILES string of the molecule is Cc1csc(NC(=O)CN(CC2CCCCC2)C(=O)c2ccc(C(F)(F)F)cc2)n1. The minimum atomic E-state index is -4.46. The maximum Gasteiger partial charge on any atom is 0.416 e. The van der Waals surface area contributed by atoms with Gasteiger partial charge in [0, 0.05) is 17.5 Å². The smallest absolute Gasteiger partial charge is 0.329 e. The van der Waals surface area contributed by atoms with E-state index in [1.54, 1.807) is 0 Å². The lowest BCUT2D eigenvalue weighted by Crippen LogP contribution is -2.41. The van der Waals surface area contributed by atoms with Crippen molar-refractivity contribution < 1.29 is 22.8 Å². The molecule has 0 aliphatic heterocycles. The molecule has 0 radical (unpaired) electrons. The monoisotopic (exact) mass is 439 g/mol. The predicted molar refractivity (Wildman–Crippen MR) is 109 cm³/mol. The summed E-state index contributed by atoms with van der Waals surface area (Å²) in [7, 11) is 0. The molecule has 0 atom stereocenters. The Labute approximate surface area is 177 Å². The summed E-state index contributed by atoms with van der Waals surface area (Å²) in [5.41, 5.74) is 0.113. The number of nitrogens with zero attached hydrogens (tertiary/aromatic N) is 2. The average Bonchev–Trinajstić information content (AvgIpc) is 3.11. The van der Waals surface area contributed by atoms with Crippen LogP contribution in [-0.4, -0.2) is 34.8 Å². The van der Waals surface area contributed by atoms with E-state index in [0.29, 0.717) is 11.7 Å². The number of carbonyl (C=O) groups excluding carboxylic acids is 2. The zero-order valence-corrected chi connectivity index (χ0v) is 17.5. The van der Waals surface area contributed by atoms with Gasteiger partial charge in [0.15, 0.2) is 5.13 Å². The molecule has 0 saturated heterocycles. The highest BCUT2D eigenvalue weighted by atomic mass is 32.1. The van der Waals surface area contributed by atoms with E-state index in [4.69, 9.17) is 0 Å². The molecule has 1 aromatic carbocycles. The number of rotatable bonds is 6. The van der Waals surface area contributed by atoms with Crippen LogP contribution in [-0.2, 0) is 11.0 Å². The number of alkyl halides is 3. The van der Waals surface area contributed by atoms with E-state index in [1.165, 1.54) is 28.4 Å². The van der Waals surface area contributed by atoms with Crippen molar-refractivity contribution >= 4 is 28.3 Å². The molecule has 1 aliphatic rings. The van der Waals surface area contributed by atoms with Crippen LogP contribution in [0.4, 0.5) is 18.3 Å². The first-order chi connectivity index (χ1) is 14.2. The van der Waals surface area contributed by atoms with E-state index in [9.17, 15) is 22.8 Å². The van der Waals surface area contributed by atoms with Gasteiger partial charge in [-0.25, -0.2) is 4.98 Å². The lowest BCUT2D eigenvalue weighted by Gasteiger charge is -2.29. The lowest BCUT2D eigenvalue weighted by atomic mass is 9.89. The third kappa shape index (κ3) is 6.04. The van der Waals surface area contributed by atoms with Gasteiger partial charge >= 0.3 is 6.18 Å². The molecule has 5 nitrogen and oxygen atoms in total. The quantitative estimate of drug-likeness (QED) is 0.679. The molecule has 0 spiro atoms. The Morgan fingerprint density at radius 2 is 1.83 bits per heavy atom. The number of aryl methyl sites for hydroxylation is 1. The number of hydrogen-bond acceptors (Lipinski definition) is 4. The Bertz CT molecular complexity index is 874. The van der Waals surface area contributed by atoms with Crippen LogP contribution in [0.25, 0.3) is 0 Å². The van der Waals surface area contributed by atoms with E-state index in [2.05, 4.69) is 10.3 Å². The van der Waals surface area contributed by atoms with Crippen molar-refractivity contribution in [2.75, 3.05) is 18.4 Å². The van der Waals surface area contributed by atoms with Gasteiger partial charge in [-0.1, -0.05) is 19.3 Å². The molecule has 162 valence electrons. The van der Waals surface area contributed by atoms with E-state index in [-0.39, 0.29) is 23.9 Å². The fraction of sp³-hybridized carbons (Fsp3) is 0.476. The number of benzene rings is 1. The predicted octanol–water partition coefficient (Wildman–Crippen LogP) is 5.13. The summed E-state index contributed by atoms with van der Waals surface area (Å²) in [4.78, 5) is 31.2. The van der Waals surface area contributed by atoms with Crippen LogP contribution >= 0.6 is 11.3 Å². The number of hydrogen-bond donors (Lipinski definition) is 1. The van der Waals surface area contributed by atoms with Crippen molar-refractivity contribution in [3.05, 3.63) is 46.5 Å². The number of thiazole rings is 1. The fourth-order valence-electron chi connectivity index (χ4n) is 3.63. The normalized spacial score (nSPS) is 15.1. The molecule has 2 aromatic rings. The molecule has 1 aliphatic carbocycles. The third-order valence-corrected chi connectivity index (χ3v) is 6.03. The molecule has 0 unspecified atom stereocenters. The summed E-state index contributed by atoms with van der Waals surface area (Å²) in [5, 5.41) is 4.96. The summed E-state index contributed by atoms with van der Waals surface area (Å²) in [5.74, 6) is -0.535. The van der Waals surface area contributed by atoms with Gasteiger partial charge in [0.1, 0.15) is 6.54 Å². The molecule has 1 fully saturated rings. The highest BCUT2D eigenvalue weighted by molar-refractivity contribution is 7.13. The molecular weight excluding hydrogens is 415 g/mol. The van der Waals surface area contributed by atoms with Gasteiger partial charge in [0.05, 0.1) is 11.3 Å². The summed E-state index contributed by atoms with van der Waals surface area (Å²) in [6.07, 6.45) is 0.811. The van der Waals surface area contributed by atoms with Gasteiger partial charge in [-0.15, -0.1) is 11.3 Å². The molecule has 30 heavy (non-hydrogen) atoms. The molecular formula is C21H24F3N3O2S. The summed E-state index contributed by atoms with van der Waals surface area (Å²) in [6, 6.07) is 4.12. The molecule has 1 saturated carbocycles. The van der Waals surface area contributed by atoms with E-state index < -0.39 is 17.6 Å². The minimum absolute atomic E-state index is 0.136. The second kappa shape index (κ2) is 9.59. The van der Waals surface area contributed by atoms with E-state index >= 15 is 0 Å². The van der Waals surface area contributed by atoms with Crippen molar-refractivity contribution in [3.63, 3.8) is 0 Å². The Kier molecular flexibility index (Phi) is 7.12. The molecule has 1 heterocycles. The molecule has 0 bridgehead atoms. The Morgan fingerprint density at radius 3 is 2.40 bits per heavy atom. The van der Waals surface area contributed by atoms with Crippen molar-refractivity contribution in [2.45, 2.75) is 45.2 Å². The molecule has 2 amide bonds. The van der Waals surface area contributed by atoms with Crippen LogP contribution < -0.4 is 5.32 Å². The van der Waals surface area contributed by atoms with Gasteiger partial charge < -0.3 is 10.2 Å². The molecule has 1 N–H and O–H groups in total. The maximum absolute atomic E-state index is 13.0. The van der Waals surface area contributed by atoms with Gasteiger partial charge in [-0.2, -0.15) is 13.2 Å². The van der Waals surface area contributed by atoms with E-state index in [1.807, 2.05) is 12.3 Å². The van der Waals surface area contributed by atoms with Crippen molar-refractivity contribution in [1.29, 1.82) is 0 Å². The number of carbonyl (C=O) groups is 2. The maximum atomic E-state index is 13.0. The highest BCUT2D eigenvalue weighted by Crippen LogP contribution is 2.30. The minimum Gasteiger partial charge on any atom is -0.329 e. The first-order valence-corrected chi connectivity index (χ1v) is 10.8. The molecule has 3 rings (SSSR count). The average molecular weight is 440 g/mol. The van der Waals surface area contributed by atoms with Gasteiger partial charge in [0.25, 0.3) is 5.91 Å². The zero-order chi connectivity index (χ0) is 21.7. The van der Waals surface area contributed by atoms with Crippen LogP contribution in [0, 0.1) is 12.8 Å². The number of aromatic nitrogens is 1. The molecule has 9 heteroatoms. The van der Waals surface area contributed by atoms with Crippen LogP contribution in [0.2, 0.25) is 0 Å². The Balaban J connectivity index is 1.73. The summed E-state index contributed by atoms with van der Waals surface area (Å²) >= 11 is 1.30. The lowest BCUT2D eigenvalue weighted by molar-refractivity contribution is -0.137. The number of amides is 2. The largest absolute Gasteiger partial charge is 0.416 e. The number of halogens is 3. The first-order valence-electron chi connectivity index (χ1n) is 9.91. The third-order valence-electron chi connectivity index (χ3n) is 5.15. The van der Waals surface area contributed by atoms with Gasteiger partial charge in [-0.05, 0) is 49.9 Å². The second-order valence-electron chi connectivity index (χ2n) is 7.61. The highest BCUT2D eigenvalue weighted by Gasteiger charge is 2.31. The van der Waals surface area contributed by atoms with Crippen LogP contribution in [0.1, 0.15) is 53.7 Å². The van der Waals surface area contributed by atoms with E-state index in [0.717, 1.165) is 49.9 Å². The topological polar surface area (TPSA) is 62.3 Å².